The molecule has 1 aromatic carbocycles. The van der Waals surface area contributed by atoms with E-state index in [1.165, 1.54) is 10.4 Å². The maximum atomic E-state index is 12.9. The van der Waals surface area contributed by atoms with E-state index >= 15 is 0 Å². The molecule has 1 aliphatic heterocycles. The normalized spacial score (nSPS) is 19.2. The summed E-state index contributed by atoms with van der Waals surface area (Å²) in [7, 11) is -3.63. The molecule has 1 saturated heterocycles. The van der Waals surface area contributed by atoms with Crippen LogP contribution >= 0.6 is 0 Å². The fraction of sp³-hybridized carbons (Fsp3) is 0.471. The van der Waals surface area contributed by atoms with Crippen LogP contribution in [-0.2, 0) is 14.8 Å². The van der Waals surface area contributed by atoms with E-state index in [2.05, 4.69) is 0 Å². The smallest absolute Gasteiger partial charge is 0.374 e. The van der Waals surface area contributed by atoms with Gasteiger partial charge in [0.15, 0.2) is 0 Å². The minimum atomic E-state index is -3.63. The van der Waals surface area contributed by atoms with Crippen molar-refractivity contribution in [2.24, 2.45) is 5.73 Å². The molecule has 8 heteroatoms. The number of hydrogen-bond donors (Lipinski definition) is 1. The lowest BCUT2D eigenvalue weighted by Gasteiger charge is -2.29. The van der Waals surface area contributed by atoms with Gasteiger partial charge in [0.05, 0.1) is 11.5 Å². The van der Waals surface area contributed by atoms with Crippen LogP contribution in [0.25, 0.3) is 11.0 Å². The lowest BCUT2D eigenvalue weighted by molar-refractivity contribution is 0.0491. The Labute approximate surface area is 146 Å². The molecule has 1 atom stereocenters. The molecule has 0 amide bonds. The quantitative estimate of drug-likeness (QED) is 0.831. The van der Waals surface area contributed by atoms with Crippen LogP contribution in [0.5, 0.6) is 0 Å². The molecule has 2 N–H and O–H groups in total. The van der Waals surface area contributed by atoms with Crippen molar-refractivity contribution in [3.05, 3.63) is 29.5 Å². The fourth-order valence-corrected chi connectivity index (χ4v) is 4.66. The Morgan fingerprint density at radius 1 is 1.44 bits per heavy atom. The number of aryl methyl sites for hydroxylation is 1. The molecule has 136 valence electrons. The first-order valence-electron chi connectivity index (χ1n) is 8.30. The summed E-state index contributed by atoms with van der Waals surface area (Å²) < 4.78 is 37.7. The number of sulfonamides is 1. The van der Waals surface area contributed by atoms with Crippen LogP contribution in [0.1, 0.15) is 35.9 Å². The Hall–Kier alpha value is -1.90. The summed E-state index contributed by atoms with van der Waals surface area (Å²) in [6.45, 7) is 4.45. The van der Waals surface area contributed by atoms with E-state index in [-0.39, 0.29) is 23.3 Å². The highest BCUT2D eigenvalue weighted by Crippen LogP contribution is 2.30. The van der Waals surface area contributed by atoms with Crippen molar-refractivity contribution in [1.29, 1.82) is 0 Å². The summed E-state index contributed by atoms with van der Waals surface area (Å²) in [6.07, 6.45) is 1.58. The fourth-order valence-electron chi connectivity index (χ4n) is 3.09. The summed E-state index contributed by atoms with van der Waals surface area (Å²) in [4.78, 5) is 12.1. The van der Waals surface area contributed by atoms with Gasteiger partial charge in [-0.15, -0.1) is 0 Å². The van der Waals surface area contributed by atoms with Crippen LogP contribution in [0.3, 0.4) is 0 Å². The summed E-state index contributed by atoms with van der Waals surface area (Å²) in [5.41, 5.74) is 6.93. The largest absolute Gasteiger partial charge is 0.460 e. The second-order valence-corrected chi connectivity index (χ2v) is 8.14. The average molecular weight is 366 g/mol. The standard InChI is InChI=1S/C17H22N2O5S/c1-3-23-17(20)16-11(2)14-9-13(6-7-15(14)24-16)25(21,22)19-8-4-5-12(18)10-19/h6-7,9,12H,3-5,8,10,18H2,1-2H3. The number of piperidine rings is 1. The number of rotatable bonds is 4. The zero-order valence-electron chi connectivity index (χ0n) is 14.3. The van der Waals surface area contributed by atoms with E-state index in [1.807, 2.05) is 0 Å². The predicted octanol–water partition coefficient (Wildman–Crippen LogP) is 2.03. The molecule has 2 aromatic rings. The Balaban J connectivity index is 2.00. The van der Waals surface area contributed by atoms with Crippen LogP contribution in [-0.4, -0.2) is 44.4 Å². The first-order valence-corrected chi connectivity index (χ1v) is 9.74. The van der Waals surface area contributed by atoms with Gasteiger partial charge in [0.2, 0.25) is 15.8 Å². The van der Waals surface area contributed by atoms with Gasteiger partial charge in [0.1, 0.15) is 5.58 Å². The van der Waals surface area contributed by atoms with E-state index in [4.69, 9.17) is 14.9 Å². The highest BCUT2D eigenvalue weighted by Gasteiger charge is 2.30. The van der Waals surface area contributed by atoms with Gasteiger partial charge in [-0.2, -0.15) is 4.31 Å². The van der Waals surface area contributed by atoms with Crippen LogP contribution < -0.4 is 5.73 Å². The van der Waals surface area contributed by atoms with E-state index in [9.17, 15) is 13.2 Å². The number of carbonyl (C=O) groups excluding carboxylic acids is 1. The topological polar surface area (TPSA) is 103 Å². The average Bonchev–Trinajstić information content (AvgIpc) is 2.91. The van der Waals surface area contributed by atoms with Gasteiger partial charge < -0.3 is 14.9 Å². The van der Waals surface area contributed by atoms with Crippen molar-refractivity contribution < 1.29 is 22.4 Å². The molecule has 1 aliphatic rings. The van der Waals surface area contributed by atoms with E-state index in [0.717, 1.165) is 12.8 Å². The Kier molecular flexibility index (Phi) is 4.86. The van der Waals surface area contributed by atoms with Crippen LogP contribution in [0.2, 0.25) is 0 Å². The zero-order valence-corrected chi connectivity index (χ0v) is 15.1. The zero-order chi connectivity index (χ0) is 18.2. The number of hydrogen-bond acceptors (Lipinski definition) is 6. The van der Waals surface area contributed by atoms with Crippen molar-refractivity contribution in [2.75, 3.05) is 19.7 Å². The molecule has 0 saturated carbocycles. The highest BCUT2D eigenvalue weighted by atomic mass is 32.2. The van der Waals surface area contributed by atoms with Crippen molar-refractivity contribution in [2.45, 2.75) is 37.6 Å². The monoisotopic (exact) mass is 366 g/mol. The molecule has 2 heterocycles. The molecular formula is C17H22N2O5S. The van der Waals surface area contributed by atoms with Crippen LogP contribution in [0.4, 0.5) is 0 Å². The molecule has 3 rings (SSSR count). The lowest BCUT2D eigenvalue weighted by atomic mass is 10.1. The molecule has 0 spiro atoms. The SMILES string of the molecule is CCOC(=O)c1oc2ccc(S(=O)(=O)N3CCCC(N)C3)cc2c1C. The second-order valence-electron chi connectivity index (χ2n) is 6.20. The predicted molar refractivity (Wildman–Crippen MR) is 92.9 cm³/mol. The van der Waals surface area contributed by atoms with E-state index in [1.54, 1.807) is 26.0 Å². The number of esters is 1. The van der Waals surface area contributed by atoms with Gasteiger partial charge in [0, 0.05) is 30.1 Å². The number of carbonyl (C=O) groups is 1. The third-order valence-corrected chi connectivity index (χ3v) is 6.29. The third-order valence-electron chi connectivity index (χ3n) is 4.43. The molecule has 1 unspecified atom stereocenters. The minimum absolute atomic E-state index is 0.103. The molecule has 7 nitrogen and oxygen atoms in total. The number of nitrogens with zero attached hydrogens (tertiary/aromatic N) is 1. The van der Waals surface area contributed by atoms with Crippen molar-refractivity contribution in [3.63, 3.8) is 0 Å². The second kappa shape index (κ2) is 6.78. The van der Waals surface area contributed by atoms with Crippen LogP contribution in [0.15, 0.2) is 27.5 Å². The van der Waals surface area contributed by atoms with Gasteiger partial charge in [-0.1, -0.05) is 0 Å². The van der Waals surface area contributed by atoms with Gasteiger partial charge in [0.25, 0.3) is 0 Å². The number of benzene rings is 1. The van der Waals surface area contributed by atoms with Crippen molar-refractivity contribution in [3.8, 4) is 0 Å². The Morgan fingerprint density at radius 2 is 2.20 bits per heavy atom. The Bertz CT molecular complexity index is 903. The molecular weight excluding hydrogens is 344 g/mol. The molecule has 0 aliphatic carbocycles. The molecule has 0 radical (unpaired) electrons. The lowest BCUT2D eigenvalue weighted by Crippen LogP contribution is -2.45. The minimum Gasteiger partial charge on any atom is -0.460 e. The van der Waals surface area contributed by atoms with Crippen molar-refractivity contribution >= 4 is 27.0 Å². The maximum absolute atomic E-state index is 12.9. The number of nitrogens with two attached hydrogens (primary N) is 1. The van der Waals surface area contributed by atoms with Gasteiger partial charge >= 0.3 is 5.97 Å². The molecule has 1 aromatic heterocycles. The maximum Gasteiger partial charge on any atom is 0.374 e. The summed E-state index contributed by atoms with van der Waals surface area (Å²) in [5, 5.41) is 0.588. The van der Waals surface area contributed by atoms with Gasteiger partial charge in [-0.3, -0.25) is 0 Å². The van der Waals surface area contributed by atoms with Gasteiger partial charge in [-0.25, -0.2) is 13.2 Å². The number of furan rings is 1. The van der Waals surface area contributed by atoms with Crippen LogP contribution in [0, 0.1) is 6.92 Å². The molecule has 25 heavy (non-hydrogen) atoms. The van der Waals surface area contributed by atoms with Crippen molar-refractivity contribution in [1.82, 2.24) is 4.31 Å². The first-order chi connectivity index (χ1) is 11.8. The Morgan fingerprint density at radius 3 is 2.88 bits per heavy atom. The van der Waals surface area contributed by atoms with Gasteiger partial charge in [-0.05, 0) is 44.9 Å². The number of fused-ring (bicyclic) bond motifs is 1. The summed E-state index contributed by atoms with van der Waals surface area (Å²) in [5.74, 6) is -0.450. The highest BCUT2D eigenvalue weighted by molar-refractivity contribution is 7.89. The van der Waals surface area contributed by atoms with E-state index in [0.29, 0.717) is 29.6 Å². The summed E-state index contributed by atoms with van der Waals surface area (Å²) >= 11 is 0. The first kappa shape index (κ1) is 17.9. The molecule has 0 bridgehead atoms. The number of ether oxygens (including phenoxy) is 1. The molecule has 1 fully saturated rings. The summed E-state index contributed by atoms with van der Waals surface area (Å²) in [6, 6.07) is 4.47. The van der Waals surface area contributed by atoms with E-state index < -0.39 is 16.0 Å². The third kappa shape index (κ3) is 3.29.